The molecule has 0 radical (unpaired) electrons. The summed E-state index contributed by atoms with van der Waals surface area (Å²) in [6, 6.07) is 6.52. The van der Waals surface area contributed by atoms with Gasteiger partial charge < -0.3 is 9.80 Å². The zero-order valence-corrected chi connectivity index (χ0v) is 13.3. The first-order valence-electron chi connectivity index (χ1n) is 7.19. The molecule has 0 aromatic carbocycles. The SMILES string of the molecule is c1csc(C[NH+]2CCN(c3ncnc4sccc34)CC2)c1. The summed E-state index contributed by atoms with van der Waals surface area (Å²) in [7, 11) is 0. The molecule has 1 N–H and O–H groups in total. The van der Waals surface area contributed by atoms with Gasteiger partial charge >= 0.3 is 0 Å². The Morgan fingerprint density at radius 2 is 2.00 bits per heavy atom. The molecule has 0 atom stereocenters. The number of nitrogens with one attached hydrogen (secondary N) is 1. The molecule has 108 valence electrons. The number of hydrogen-bond donors (Lipinski definition) is 1. The van der Waals surface area contributed by atoms with Crippen LogP contribution in [0.4, 0.5) is 5.82 Å². The minimum absolute atomic E-state index is 1.07. The van der Waals surface area contributed by atoms with Crippen molar-refractivity contribution in [3.8, 4) is 0 Å². The summed E-state index contributed by atoms with van der Waals surface area (Å²) in [4.78, 5) is 15.5. The highest BCUT2D eigenvalue weighted by Crippen LogP contribution is 2.26. The maximum Gasteiger partial charge on any atom is 0.141 e. The van der Waals surface area contributed by atoms with Gasteiger partial charge in [0.25, 0.3) is 0 Å². The van der Waals surface area contributed by atoms with Crippen LogP contribution in [0.15, 0.2) is 35.3 Å². The third-order valence-corrected chi connectivity index (χ3v) is 5.71. The maximum atomic E-state index is 4.52. The van der Waals surface area contributed by atoms with Crippen molar-refractivity contribution in [3.63, 3.8) is 0 Å². The Morgan fingerprint density at radius 3 is 2.81 bits per heavy atom. The van der Waals surface area contributed by atoms with Crippen molar-refractivity contribution in [3.05, 3.63) is 40.2 Å². The first-order valence-corrected chi connectivity index (χ1v) is 8.95. The second-order valence-corrected chi connectivity index (χ2v) is 7.26. The summed E-state index contributed by atoms with van der Waals surface area (Å²) in [5.41, 5.74) is 0. The standard InChI is InChI=1S/C15H16N4S2/c1-2-12(20-8-1)10-18-4-6-19(7-5-18)14-13-3-9-21-15(13)17-11-16-14/h1-3,8-9,11H,4-7,10H2/p+1. The van der Waals surface area contributed by atoms with Gasteiger partial charge in [0.15, 0.2) is 0 Å². The number of fused-ring (bicyclic) bond motifs is 1. The Kier molecular flexibility index (Phi) is 3.58. The summed E-state index contributed by atoms with van der Waals surface area (Å²) in [6.45, 7) is 5.65. The van der Waals surface area contributed by atoms with Crippen LogP contribution in [0.1, 0.15) is 4.88 Å². The highest BCUT2D eigenvalue weighted by Gasteiger charge is 2.22. The van der Waals surface area contributed by atoms with Gasteiger partial charge in [0.05, 0.1) is 36.4 Å². The molecule has 0 unspecified atom stereocenters. The van der Waals surface area contributed by atoms with E-state index in [9.17, 15) is 0 Å². The highest BCUT2D eigenvalue weighted by molar-refractivity contribution is 7.16. The van der Waals surface area contributed by atoms with Gasteiger partial charge in [-0.2, -0.15) is 0 Å². The monoisotopic (exact) mass is 317 g/mol. The number of anilines is 1. The van der Waals surface area contributed by atoms with E-state index in [1.807, 2.05) is 11.3 Å². The van der Waals surface area contributed by atoms with E-state index in [2.05, 4.69) is 43.8 Å². The van der Waals surface area contributed by atoms with Crippen LogP contribution < -0.4 is 9.80 Å². The van der Waals surface area contributed by atoms with Crippen LogP contribution >= 0.6 is 22.7 Å². The smallest absolute Gasteiger partial charge is 0.141 e. The van der Waals surface area contributed by atoms with Gasteiger partial charge in [0.1, 0.15) is 23.5 Å². The lowest BCUT2D eigenvalue weighted by Crippen LogP contribution is -3.13. The van der Waals surface area contributed by atoms with Crippen molar-refractivity contribution in [2.24, 2.45) is 0 Å². The molecule has 3 aromatic rings. The fourth-order valence-corrected chi connectivity index (χ4v) is 4.40. The summed E-state index contributed by atoms with van der Waals surface area (Å²) in [5.74, 6) is 1.11. The number of rotatable bonds is 3. The molecule has 1 aliphatic rings. The van der Waals surface area contributed by atoms with Crippen molar-refractivity contribution in [1.82, 2.24) is 9.97 Å². The first-order chi connectivity index (χ1) is 10.4. The second-order valence-electron chi connectivity index (χ2n) is 5.33. The molecule has 1 fully saturated rings. The van der Waals surface area contributed by atoms with Gasteiger partial charge in [0, 0.05) is 0 Å². The molecule has 0 bridgehead atoms. The molecule has 0 spiro atoms. The Hall–Kier alpha value is -1.50. The van der Waals surface area contributed by atoms with E-state index < -0.39 is 0 Å². The van der Waals surface area contributed by atoms with E-state index in [-0.39, 0.29) is 0 Å². The molecule has 21 heavy (non-hydrogen) atoms. The summed E-state index contributed by atoms with van der Waals surface area (Å²) < 4.78 is 0. The highest BCUT2D eigenvalue weighted by atomic mass is 32.1. The molecular formula is C15H17N4S2+. The Labute approximate surface area is 131 Å². The van der Waals surface area contributed by atoms with Crippen molar-refractivity contribution in [2.75, 3.05) is 31.1 Å². The predicted octanol–water partition coefficient (Wildman–Crippen LogP) is 1.66. The van der Waals surface area contributed by atoms with E-state index in [1.54, 1.807) is 22.6 Å². The Morgan fingerprint density at radius 1 is 1.10 bits per heavy atom. The number of aromatic nitrogens is 2. The van der Waals surface area contributed by atoms with E-state index in [0.717, 1.165) is 30.3 Å². The molecule has 3 aromatic heterocycles. The number of nitrogens with zero attached hydrogens (tertiary/aromatic N) is 3. The lowest BCUT2D eigenvalue weighted by molar-refractivity contribution is -0.914. The van der Waals surface area contributed by atoms with Gasteiger partial charge in [-0.3, -0.25) is 0 Å². The van der Waals surface area contributed by atoms with Gasteiger partial charge in [-0.25, -0.2) is 9.97 Å². The number of quaternary nitrogens is 1. The minimum Gasteiger partial charge on any atom is -0.345 e. The van der Waals surface area contributed by atoms with E-state index in [1.165, 1.54) is 23.4 Å². The molecular weight excluding hydrogens is 300 g/mol. The van der Waals surface area contributed by atoms with Crippen molar-refractivity contribution < 1.29 is 4.90 Å². The van der Waals surface area contributed by atoms with Crippen LogP contribution in [0.2, 0.25) is 0 Å². The van der Waals surface area contributed by atoms with Crippen LogP contribution in [0.3, 0.4) is 0 Å². The lowest BCUT2D eigenvalue weighted by Gasteiger charge is -2.32. The molecule has 4 heterocycles. The zero-order chi connectivity index (χ0) is 14.1. The average Bonchev–Trinajstić information content (AvgIpc) is 3.18. The molecule has 1 aliphatic heterocycles. The number of thiophene rings is 2. The Balaban J connectivity index is 1.46. The topological polar surface area (TPSA) is 33.5 Å². The van der Waals surface area contributed by atoms with E-state index in [0.29, 0.717) is 0 Å². The van der Waals surface area contributed by atoms with E-state index in [4.69, 9.17) is 0 Å². The predicted molar refractivity (Wildman–Crippen MR) is 88.3 cm³/mol. The molecule has 4 nitrogen and oxygen atoms in total. The van der Waals surface area contributed by atoms with Gasteiger partial charge in [-0.15, -0.1) is 22.7 Å². The molecule has 0 amide bonds. The zero-order valence-electron chi connectivity index (χ0n) is 11.7. The van der Waals surface area contributed by atoms with Crippen LogP contribution in [-0.4, -0.2) is 36.1 Å². The largest absolute Gasteiger partial charge is 0.345 e. The molecule has 0 saturated carbocycles. The Bertz CT molecular complexity index is 714. The first kappa shape index (κ1) is 13.2. The summed E-state index contributed by atoms with van der Waals surface area (Å²) in [5, 5.41) is 5.46. The van der Waals surface area contributed by atoms with Crippen molar-refractivity contribution >= 4 is 38.7 Å². The van der Waals surface area contributed by atoms with Crippen LogP contribution in [0.25, 0.3) is 10.2 Å². The fraction of sp³-hybridized carbons (Fsp3) is 0.333. The van der Waals surface area contributed by atoms with Crippen molar-refractivity contribution in [1.29, 1.82) is 0 Å². The minimum atomic E-state index is 1.07. The van der Waals surface area contributed by atoms with Gasteiger partial charge in [-0.1, -0.05) is 6.07 Å². The maximum absolute atomic E-state index is 4.52. The van der Waals surface area contributed by atoms with Crippen LogP contribution in [0.5, 0.6) is 0 Å². The molecule has 1 saturated heterocycles. The van der Waals surface area contributed by atoms with Crippen LogP contribution in [-0.2, 0) is 6.54 Å². The summed E-state index contributed by atoms with van der Waals surface area (Å²) in [6.07, 6.45) is 1.69. The normalized spacial score (nSPS) is 16.7. The molecule has 4 rings (SSSR count). The van der Waals surface area contributed by atoms with Crippen LogP contribution in [0, 0.1) is 0 Å². The van der Waals surface area contributed by atoms with Gasteiger partial charge in [0.2, 0.25) is 0 Å². The van der Waals surface area contributed by atoms with Crippen molar-refractivity contribution in [2.45, 2.75) is 6.54 Å². The summed E-state index contributed by atoms with van der Waals surface area (Å²) >= 11 is 3.55. The lowest BCUT2D eigenvalue weighted by atomic mass is 10.2. The third kappa shape index (κ3) is 2.66. The van der Waals surface area contributed by atoms with E-state index >= 15 is 0 Å². The number of hydrogen-bond acceptors (Lipinski definition) is 5. The average molecular weight is 317 g/mol. The second kappa shape index (κ2) is 5.71. The van der Waals surface area contributed by atoms with Gasteiger partial charge in [-0.05, 0) is 22.9 Å². The third-order valence-electron chi connectivity index (χ3n) is 4.02. The molecule has 0 aliphatic carbocycles. The quantitative estimate of drug-likeness (QED) is 0.798. The number of piperazine rings is 1. The fourth-order valence-electron chi connectivity index (χ4n) is 2.90. The molecule has 6 heteroatoms.